The van der Waals surface area contributed by atoms with Crippen molar-refractivity contribution in [1.29, 1.82) is 0 Å². The molecule has 0 spiro atoms. The highest BCUT2D eigenvalue weighted by atomic mass is 32.2. The van der Waals surface area contributed by atoms with E-state index in [9.17, 15) is 13.2 Å². The highest BCUT2D eigenvalue weighted by molar-refractivity contribution is 7.99. The standard InChI is InChI=1S/C24H31F3N6S/c1-18-15-32(12-10-28-18)16-20-17-33(31-30-20)11-4-2-3-5-13-34-23-8-9-29-22-14-19(24(25,26)27)6-7-21(22)23/h6-9,14,17-18,28H,2-5,10-13,15-16H2,1H3/t18-/m1/s1. The van der Waals surface area contributed by atoms with Crippen molar-refractivity contribution in [3.8, 4) is 0 Å². The first-order valence-electron chi connectivity index (χ1n) is 11.8. The van der Waals surface area contributed by atoms with Crippen molar-refractivity contribution in [3.05, 3.63) is 47.9 Å². The van der Waals surface area contributed by atoms with Crippen LogP contribution in [0.25, 0.3) is 10.9 Å². The average Bonchev–Trinajstić information content (AvgIpc) is 3.24. The van der Waals surface area contributed by atoms with Crippen LogP contribution in [0.5, 0.6) is 0 Å². The molecular formula is C24H31F3N6S. The van der Waals surface area contributed by atoms with E-state index < -0.39 is 11.7 Å². The molecule has 0 aliphatic carbocycles. The molecular weight excluding hydrogens is 461 g/mol. The summed E-state index contributed by atoms with van der Waals surface area (Å²) in [5, 5.41) is 12.8. The van der Waals surface area contributed by atoms with Gasteiger partial charge in [-0.3, -0.25) is 14.6 Å². The number of piperazine rings is 1. The van der Waals surface area contributed by atoms with E-state index in [2.05, 4.69) is 38.6 Å². The molecule has 1 saturated heterocycles. The van der Waals surface area contributed by atoms with Gasteiger partial charge in [-0.15, -0.1) is 16.9 Å². The van der Waals surface area contributed by atoms with Crippen LogP contribution in [0.15, 0.2) is 41.6 Å². The van der Waals surface area contributed by atoms with Crippen LogP contribution in [-0.2, 0) is 19.3 Å². The van der Waals surface area contributed by atoms with Crippen LogP contribution in [0.1, 0.15) is 43.9 Å². The van der Waals surface area contributed by atoms with Crippen molar-refractivity contribution >= 4 is 22.7 Å². The molecule has 0 saturated carbocycles. The summed E-state index contributed by atoms with van der Waals surface area (Å²) in [6, 6.07) is 6.18. The van der Waals surface area contributed by atoms with Crippen molar-refractivity contribution in [3.63, 3.8) is 0 Å². The molecule has 3 heterocycles. The van der Waals surface area contributed by atoms with Crippen LogP contribution in [0.2, 0.25) is 0 Å². The van der Waals surface area contributed by atoms with Gasteiger partial charge < -0.3 is 5.32 Å². The molecule has 1 aliphatic heterocycles. The first kappa shape index (κ1) is 24.9. The Morgan fingerprint density at radius 3 is 2.82 bits per heavy atom. The smallest absolute Gasteiger partial charge is 0.312 e. The van der Waals surface area contributed by atoms with Crippen molar-refractivity contribution in [1.82, 2.24) is 30.2 Å². The molecule has 0 unspecified atom stereocenters. The number of pyridine rings is 1. The normalized spacial score (nSPS) is 17.5. The number of nitrogens with zero attached hydrogens (tertiary/aromatic N) is 5. The lowest BCUT2D eigenvalue weighted by Gasteiger charge is -2.30. The topological polar surface area (TPSA) is 58.9 Å². The SMILES string of the molecule is C[C@@H]1CN(Cc2cn(CCCCCCSc3ccnc4cc(C(F)(F)F)ccc34)nn2)CCN1. The molecule has 4 rings (SSSR count). The summed E-state index contributed by atoms with van der Waals surface area (Å²) in [5.74, 6) is 0.927. The summed E-state index contributed by atoms with van der Waals surface area (Å²) in [6.07, 6.45) is 3.61. The number of nitrogens with one attached hydrogen (secondary N) is 1. The number of benzene rings is 1. The summed E-state index contributed by atoms with van der Waals surface area (Å²) >= 11 is 1.68. The summed E-state index contributed by atoms with van der Waals surface area (Å²) in [5.41, 5.74) is 0.753. The predicted octanol–water partition coefficient (Wildman–Crippen LogP) is 4.99. The zero-order chi connectivity index (χ0) is 24.0. The number of aryl methyl sites for hydroxylation is 1. The van der Waals surface area contributed by atoms with Gasteiger partial charge in [0.1, 0.15) is 0 Å². The Bertz CT molecular complexity index is 1070. The van der Waals surface area contributed by atoms with Gasteiger partial charge in [-0.2, -0.15) is 13.2 Å². The zero-order valence-electron chi connectivity index (χ0n) is 19.4. The molecule has 1 aromatic carbocycles. The number of halogens is 3. The lowest BCUT2D eigenvalue weighted by molar-refractivity contribution is -0.137. The summed E-state index contributed by atoms with van der Waals surface area (Å²) in [6.45, 7) is 7.02. The summed E-state index contributed by atoms with van der Waals surface area (Å²) < 4.78 is 40.8. The van der Waals surface area contributed by atoms with Gasteiger partial charge in [-0.1, -0.05) is 24.1 Å². The van der Waals surface area contributed by atoms with E-state index in [0.717, 1.165) is 92.3 Å². The number of thioether (sulfide) groups is 1. The van der Waals surface area contributed by atoms with Crippen LogP contribution < -0.4 is 5.32 Å². The Labute approximate surface area is 202 Å². The molecule has 1 N–H and O–H groups in total. The molecule has 3 aromatic rings. The fourth-order valence-corrected chi connectivity index (χ4v) is 5.29. The summed E-state index contributed by atoms with van der Waals surface area (Å²) in [4.78, 5) is 7.51. The van der Waals surface area contributed by atoms with Crippen LogP contribution in [0.4, 0.5) is 13.2 Å². The lowest BCUT2D eigenvalue weighted by atomic mass is 10.1. The largest absolute Gasteiger partial charge is 0.416 e. The first-order valence-corrected chi connectivity index (χ1v) is 12.8. The van der Waals surface area contributed by atoms with Crippen LogP contribution in [0, 0.1) is 0 Å². The van der Waals surface area contributed by atoms with Gasteiger partial charge in [0, 0.05) is 61.4 Å². The number of hydrogen-bond donors (Lipinski definition) is 1. The van der Waals surface area contributed by atoms with E-state index in [1.54, 1.807) is 18.0 Å². The molecule has 1 aliphatic rings. The second kappa shape index (κ2) is 11.5. The number of hydrogen-bond acceptors (Lipinski definition) is 6. The first-order chi connectivity index (χ1) is 16.4. The van der Waals surface area contributed by atoms with Crippen molar-refractivity contribution < 1.29 is 13.2 Å². The van der Waals surface area contributed by atoms with E-state index in [1.807, 2.05) is 10.7 Å². The monoisotopic (exact) mass is 492 g/mol. The highest BCUT2D eigenvalue weighted by Gasteiger charge is 2.30. The Morgan fingerprint density at radius 1 is 1.15 bits per heavy atom. The lowest BCUT2D eigenvalue weighted by Crippen LogP contribution is -2.48. The van der Waals surface area contributed by atoms with Gasteiger partial charge in [0.05, 0.1) is 16.8 Å². The van der Waals surface area contributed by atoms with E-state index >= 15 is 0 Å². The number of aromatic nitrogens is 4. The predicted molar refractivity (Wildman–Crippen MR) is 129 cm³/mol. The molecule has 0 amide bonds. The number of alkyl halides is 3. The van der Waals surface area contributed by atoms with Crippen molar-refractivity contribution in [2.45, 2.75) is 62.8 Å². The third kappa shape index (κ3) is 6.93. The van der Waals surface area contributed by atoms with Gasteiger partial charge in [-0.05, 0) is 43.7 Å². The van der Waals surface area contributed by atoms with Gasteiger partial charge in [0.2, 0.25) is 0 Å². The zero-order valence-corrected chi connectivity index (χ0v) is 20.2. The maximum Gasteiger partial charge on any atom is 0.416 e. The minimum Gasteiger partial charge on any atom is -0.312 e. The Kier molecular flexibility index (Phi) is 8.44. The Balaban J connectivity index is 1.15. The quantitative estimate of drug-likeness (QED) is 0.318. The third-order valence-corrected chi connectivity index (χ3v) is 7.15. The number of fused-ring (bicyclic) bond motifs is 1. The van der Waals surface area contributed by atoms with Crippen LogP contribution in [0.3, 0.4) is 0 Å². The second-order valence-electron chi connectivity index (χ2n) is 8.86. The van der Waals surface area contributed by atoms with E-state index in [-0.39, 0.29) is 0 Å². The Morgan fingerprint density at radius 2 is 2.00 bits per heavy atom. The van der Waals surface area contributed by atoms with Gasteiger partial charge in [0.25, 0.3) is 0 Å². The third-order valence-electron chi connectivity index (χ3n) is 5.99. The van der Waals surface area contributed by atoms with Crippen molar-refractivity contribution in [2.75, 3.05) is 25.4 Å². The average molecular weight is 493 g/mol. The van der Waals surface area contributed by atoms with E-state index in [4.69, 9.17) is 0 Å². The Hall–Kier alpha value is -2.17. The minimum absolute atomic E-state index is 0.387. The highest BCUT2D eigenvalue weighted by Crippen LogP contribution is 2.34. The molecule has 1 fully saturated rings. The maximum absolute atomic E-state index is 12.9. The number of unbranched alkanes of at least 4 members (excludes halogenated alkanes) is 3. The molecule has 0 radical (unpaired) electrons. The van der Waals surface area contributed by atoms with E-state index in [1.165, 1.54) is 6.07 Å². The fourth-order valence-electron chi connectivity index (χ4n) is 4.24. The molecule has 1 atom stereocenters. The molecule has 34 heavy (non-hydrogen) atoms. The molecule has 2 aromatic heterocycles. The molecule has 184 valence electrons. The molecule has 6 nitrogen and oxygen atoms in total. The van der Waals surface area contributed by atoms with Gasteiger partial charge in [0.15, 0.2) is 0 Å². The second-order valence-corrected chi connectivity index (χ2v) is 10.0. The van der Waals surface area contributed by atoms with Crippen molar-refractivity contribution in [2.24, 2.45) is 0 Å². The molecule has 10 heteroatoms. The van der Waals surface area contributed by atoms with Crippen LogP contribution >= 0.6 is 11.8 Å². The van der Waals surface area contributed by atoms with Gasteiger partial charge >= 0.3 is 6.18 Å². The molecule has 0 bridgehead atoms. The summed E-state index contributed by atoms with van der Waals surface area (Å²) in [7, 11) is 0. The van der Waals surface area contributed by atoms with Crippen LogP contribution in [-0.4, -0.2) is 56.3 Å². The van der Waals surface area contributed by atoms with Gasteiger partial charge in [-0.25, -0.2) is 0 Å². The number of rotatable bonds is 10. The van der Waals surface area contributed by atoms with E-state index in [0.29, 0.717) is 11.6 Å². The fraction of sp³-hybridized carbons (Fsp3) is 0.542. The maximum atomic E-state index is 12.9. The minimum atomic E-state index is -4.35.